The fraction of sp³-hybridized carbons (Fsp3) is 0.750. The zero-order chi connectivity index (χ0) is 8.81. The minimum absolute atomic E-state index is 0.0386. The molecule has 12 heavy (non-hydrogen) atoms. The van der Waals surface area contributed by atoms with E-state index in [1.165, 1.54) is 6.08 Å². The third-order valence-corrected chi connectivity index (χ3v) is 1.85. The van der Waals surface area contributed by atoms with Crippen molar-refractivity contribution < 1.29 is 14.3 Å². The Morgan fingerprint density at radius 2 is 2.42 bits per heavy atom. The van der Waals surface area contributed by atoms with Gasteiger partial charge in [-0.25, -0.2) is 4.79 Å². The van der Waals surface area contributed by atoms with Crippen LogP contribution in [0, 0.1) is 0 Å². The minimum Gasteiger partial charge on any atom is -0.378 e. The van der Waals surface area contributed by atoms with Gasteiger partial charge in [0.1, 0.15) is 0 Å². The van der Waals surface area contributed by atoms with Gasteiger partial charge in [0.25, 0.3) is 5.91 Å². The number of aliphatic imine (C=N–C) groups is 1. The van der Waals surface area contributed by atoms with Crippen molar-refractivity contribution in [3.8, 4) is 0 Å². The van der Waals surface area contributed by atoms with Crippen molar-refractivity contribution in [2.75, 3.05) is 6.61 Å². The highest BCUT2D eigenvalue weighted by molar-refractivity contribution is 5.81. The second-order valence-electron chi connectivity index (χ2n) is 2.79. The summed E-state index contributed by atoms with van der Waals surface area (Å²) in [5.41, 5.74) is 0. The van der Waals surface area contributed by atoms with Crippen LogP contribution in [-0.4, -0.2) is 24.7 Å². The number of ether oxygens (including phenoxy) is 1. The number of carbonyl (C=O) groups excluding carboxylic acids is 2. The summed E-state index contributed by atoms with van der Waals surface area (Å²) >= 11 is 0. The number of hydrogen-bond donors (Lipinski definition) is 0. The fourth-order valence-electron chi connectivity index (χ4n) is 1.26. The molecule has 4 heteroatoms. The van der Waals surface area contributed by atoms with Crippen molar-refractivity contribution in [1.29, 1.82) is 0 Å². The molecule has 0 bridgehead atoms. The molecule has 1 heterocycles. The van der Waals surface area contributed by atoms with Crippen LogP contribution in [0.3, 0.4) is 0 Å². The molecule has 66 valence electrons. The number of carbonyl (C=O) groups is 1. The first-order valence-electron chi connectivity index (χ1n) is 4.05. The quantitative estimate of drug-likeness (QED) is 0.454. The first kappa shape index (κ1) is 9.10. The van der Waals surface area contributed by atoms with Crippen LogP contribution < -0.4 is 0 Å². The Morgan fingerprint density at radius 3 is 3.00 bits per heavy atom. The second-order valence-corrected chi connectivity index (χ2v) is 2.79. The number of hydrogen-bond acceptors (Lipinski definition) is 3. The van der Waals surface area contributed by atoms with E-state index in [2.05, 4.69) is 4.99 Å². The van der Waals surface area contributed by atoms with Gasteiger partial charge in [0.15, 0.2) is 0 Å². The predicted molar refractivity (Wildman–Crippen MR) is 41.3 cm³/mol. The van der Waals surface area contributed by atoms with Crippen LogP contribution in [0.5, 0.6) is 0 Å². The van der Waals surface area contributed by atoms with Crippen molar-refractivity contribution >= 4 is 12.0 Å². The standard InChI is InChI=1S/C8H11NO3/c10-6-9-8(11)5-7-3-1-2-4-12-7/h7H,1-5H2. The molecule has 0 aromatic carbocycles. The van der Waals surface area contributed by atoms with Crippen LogP contribution in [0.15, 0.2) is 4.99 Å². The summed E-state index contributed by atoms with van der Waals surface area (Å²) in [6.45, 7) is 0.711. The van der Waals surface area contributed by atoms with Gasteiger partial charge in [-0.05, 0) is 19.3 Å². The molecule has 0 radical (unpaired) electrons. The summed E-state index contributed by atoms with van der Waals surface area (Å²) in [5.74, 6) is -0.433. The van der Waals surface area contributed by atoms with E-state index in [0.29, 0.717) is 6.61 Å². The molecule has 0 aromatic heterocycles. The van der Waals surface area contributed by atoms with E-state index in [0.717, 1.165) is 19.3 Å². The molecule has 1 rings (SSSR count). The van der Waals surface area contributed by atoms with Crippen molar-refractivity contribution in [3.05, 3.63) is 0 Å². The Kier molecular flexibility index (Phi) is 3.64. The van der Waals surface area contributed by atoms with Gasteiger partial charge >= 0.3 is 0 Å². The molecular weight excluding hydrogens is 158 g/mol. The van der Waals surface area contributed by atoms with Crippen molar-refractivity contribution in [2.45, 2.75) is 31.8 Å². The summed E-state index contributed by atoms with van der Waals surface area (Å²) in [5, 5.41) is 0. The zero-order valence-corrected chi connectivity index (χ0v) is 6.78. The molecule has 1 aliphatic heterocycles. The molecule has 1 atom stereocenters. The first-order valence-corrected chi connectivity index (χ1v) is 4.05. The molecule has 0 aromatic rings. The molecule has 1 aliphatic rings. The average Bonchev–Trinajstić information content (AvgIpc) is 2.06. The van der Waals surface area contributed by atoms with Gasteiger partial charge < -0.3 is 4.74 Å². The molecule has 0 saturated carbocycles. The monoisotopic (exact) mass is 169 g/mol. The maximum Gasteiger partial charge on any atom is 0.259 e. The molecule has 1 amide bonds. The normalized spacial score (nSPS) is 22.8. The maximum absolute atomic E-state index is 10.8. The van der Waals surface area contributed by atoms with E-state index in [1.54, 1.807) is 0 Å². The topological polar surface area (TPSA) is 55.7 Å². The molecule has 1 saturated heterocycles. The van der Waals surface area contributed by atoms with E-state index in [-0.39, 0.29) is 12.5 Å². The Balaban J connectivity index is 2.29. The largest absolute Gasteiger partial charge is 0.378 e. The van der Waals surface area contributed by atoms with E-state index in [9.17, 15) is 9.59 Å². The van der Waals surface area contributed by atoms with E-state index in [4.69, 9.17) is 4.74 Å². The van der Waals surface area contributed by atoms with Crippen LogP contribution >= 0.6 is 0 Å². The van der Waals surface area contributed by atoms with E-state index < -0.39 is 5.91 Å². The molecule has 0 spiro atoms. The zero-order valence-electron chi connectivity index (χ0n) is 6.78. The number of amides is 1. The highest BCUT2D eigenvalue weighted by Gasteiger charge is 2.16. The lowest BCUT2D eigenvalue weighted by molar-refractivity contribution is -0.121. The third-order valence-electron chi connectivity index (χ3n) is 1.85. The lowest BCUT2D eigenvalue weighted by atomic mass is 10.1. The van der Waals surface area contributed by atoms with Crippen molar-refractivity contribution in [1.82, 2.24) is 0 Å². The SMILES string of the molecule is O=C=NC(=O)CC1CCCCO1. The van der Waals surface area contributed by atoms with Crippen LogP contribution in [0.4, 0.5) is 0 Å². The second kappa shape index (κ2) is 4.80. The third kappa shape index (κ3) is 2.95. The van der Waals surface area contributed by atoms with Crippen LogP contribution in [-0.2, 0) is 14.3 Å². The molecule has 0 aliphatic carbocycles. The minimum atomic E-state index is -0.433. The summed E-state index contributed by atoms with van der Waals surface area (Å²) in [6.07, 6.45) is 4.44. The highest BCUT2D eigenvalue weighted by Crippen LogP contribution is 2.15. The number of rotatable bonds is 2. The fourth-order valence-corrected chi connectivity index (χ4v) is 1.26. The molecule has 1 unspecified atom stereocenters. The molecule has 4 nitrogen and oxygen atoms in total. The lowest BCUT2D eigenvalue weighted by Crippen LogP contribution is -2.21. The lowest BCUT2D eigenvalue weighted by Gasteiger charge is -2.20. The molecule has 0 N–H and O–H groups in total. The maximum atomic E-state index is 10.8. The van der Waals surface area contributed by atoms with Crippen molar-refractivity contribution in [2.24, 2.45) is 4.99 Å². The smallest absolute Gasteiger partial charge is 0.259 e. The van der Waals surface area contributed by atoms with Gasteiger partial charge in [0, 0.05) is 6.61 Å². The summed E-state index contributed by atoms with van der Waals surface area (Å²) in [7, 11) is 0. The Bertz CT molecular complexity index is 202. The van der Waals surface area contributed by atoms with E-state index >= 15 is 0 Å². The van der Waals surface area contributed by atoms with Gasteiger partial charge in [-0.15, -0.1) is 4.99 Å². The Labute approximate surface area is 70.6 Å². The van der Waals surface area contributed by atoms with Gasteiger partial charge in [-0.1, -0.05) is 0 Å². The summed E-state index contributed by atoms with van der Waals surface area (Å²) < 4.78 is 5.28. The van der Waals surface area contributed by atoms with Crippen LogP contribution in [0.2, 0.25) is 0 Å². The van der Waals surface area contributed by atoms with Crippen LogP contribution in [0.1, 0.15) is 25.7 Å². The predicted octanol–water partition coefficient (Wildman–Crippen LogP) is 0.808. The van der Waals surface area contributed by atoms with Gasteiger partial charge in [0.05, 0.1) is 12.5 Å². The van der Waals surface area contributed by atoms with Crippen molar-refractivity contribution in [3.63, 3.8) is 0 Å². The van der Waals surface area contributed by atoms with Crippen LogP contribution in [0.25, 0.3) is 0 Å². The Morgan fingerprint density at radius 1 is 1.58 bits per heavy atom. The van der Waals surface area contributed by atoms with Gasteiger partial charge in [-0.3, -0.25) is 4.79 Å². The average molecular weight is 169 g/mol. The molecular formula is C8H11NO3. The summed E-state index contributed by atoms with van der Waals surface area (Å²) in [6, 6.07) is 0. The van der Waals surface area contributed by atoms with Gasteiger partial charge in [0.2, 0.25) is 6.08 Å². The summed E-state index contributed by atoms with van der Waals surface area (Å²) in [4.78, 5) is 23.5. The van der Waals surface area contributed by atoms with Gasteiger partial charge in [-0.2, -0.15) is 0 Å². The Hall–Kier alpha value is -0.990. The van der Waals surface area contributed by atoms with E-state index in [1.807, 2.05) is 0 Å². The highest BCUT2D eigenvalue weighted by atomic mass is 16.5. The number of isocyanates is 1. The number of nitrogens with zero attached hydrogens (tertiary/aromatic N) is 1. The molecule has 1 fully saturated rings. The first-order chi connectivity index (χ1) is 5.83.